The molecule has 1 aliphatic rings. The van der Waals surface area contributed by atoms with Crippen LogP contribution in [0.4, 0.5) is 5.69 Å². The van der Waals surface area contributed by atoms with Gasteiger partial charge in [-0.05, 0) is 37.8 Å². The lowest BCUT2D eigenvalue weighted by Crippen LogP contribution is -2.15. The van der Waals surface area contributed by atoms with Crippen LogP contribution in [0.3, 0.4) is 0 Å². The average Bonchev–Trinajstić information content (AvgIpc) is 2.90. The van der Waals surface area contributed by atoms with E-state index >= 15 is 0 Å². The highest BCUT2D eigenvalue weighted by molar-refractivity contribution is 5.98. The molecule has 1 aromatic carbocycles. The van der Waals surface area contributed by atoms with E-state index in [0.29, 0.717) is 36.1 Å². The molecule has 0 radical (unpaired) electrons. The highest BCUT2D eigenvalue weighted by Crippen LogP contribution is 2.28. The molecule has 2 N–H and O–H groups in total. The van der Waals surface area contributed by atoms with Gasteiger partial charge in [-0.1, -0.05) is 18.9 Å². The van der Waals surface area contributed by atoms with Crippen molar-refractivity contribution in [3.63, 3.8) is 0 Å². The number of rotatable bonds is 5. The van der Waals surface area contributed by atoms with Gasteiger partial charge in [0.25, 0.3) is 0 Å². The number of benzene rings is 1. The molecule has 0 saturated heterocycles. The van der Waals surface area contributed by atoms with Crippen molar-refractivity contribution in [2.75, 3.05) is 18.9 Å². The van der Waals surface area contributed by atoms with E-state index in [1.165, 1.54) is 12.8 Å². The Morgan fingerprint density at radius 2 is 2.11 bits per heavy atom. The molecule has 1 saturated carbocycles. The molecule has 0 bridgehead atoms. The van der Waals surface area contributed by atoms with Crippen molar-refractivity contribution in [3.8, 4) is 5.75 Å². The molecular formula is C15H21NO3. The van der Waals surface area contributed by atoms with Gasteiger partial charge in [-0.3, -0.25) is 0 Å². The Hall–Kier alpha value is -1.71. The Labute approximate surface area is 113 Å². The van der Waals surface area contributed by atoms with Crippen molar-refractivity contribution >= 4 is 11.7 Å². The molecule has 0 unspecified atom stereocenters. The van der Waals surface area contributed by atoms with Gasteiger partial charge < -0.3 is 15.2 Å². The Morgan fingerprint density at radius 3 is 2.79 bits per heavy atom. The maximum Gasteiger partial charge on any atom is 0.344 e. The predicted octanol–water partition coefficient (Wildman–Crippen LogP) is 3.01. The summed E-state index contributed by atoms with van der Waals surface area (Å²) in [6, 6.07) is 5.20. The van der Waals surface area contributed by atoms with E-state index in [4.69, 9.17) is 15.2 Å². The minimum absolute atomic E-state index is 0.349. The first kappa shape index (κ1) is 13.7. The van der Waals surface area contributed by atoms with Gasteiger partial charge in [0, 0.05) is 5.69 Å². The van der Waals surface area contributed by atoms with Gasteiger partial charge in [-0.15, -0.1) is 0 Å². The second-order valence-electron chi connectivity index (χ2n) is 4.90. The van der Waals surface area contributed by atoms with E-state index in [0.717, 1.165) is 12.8 Å². The number of carbonyl (C=O) groups is 1. The van der Waals surface area contributed by atoms with Crippen LogP contribution in [-0.4, -0.2) is 19.2 Å². The normalized spacial score (nSPS) is 15.4. The summed E-state index contributed by atoms with van der Waals surface area (Å²) in [6.45, 7) is 2.85. The van der Waals surface area contributed by atoms with E-state index in [2.05, 4.69) is 0 Å². The van der Waals surface area contributed by atoms with Crippen LogP contribution in [-0.2, 0) is 4.74 Å². The number of anilines is 1. The van der Waals surface area contributed by atoms with Crippen molar-refractivity contribution in [1.82, 2.24) is 0 Å². The molecule has 1 aliphatic carbocycles. The third-order valence-corrected chi connectivity index (χ3v) is 3.49. The van der Waals surface area contributed by atoms with Crippen LogP contribution >= 0.6 is 0 Å². The van der Waals surface area contributed by atoms with Crippen LogP contribution in [0.25, 0.3) is 0 Å². The number of esters is 1. The molecule has 2 rings (SSSR count). The van der Waals surface area contributed by atoms with Crippen molar-refractivity contribution in [2.24, 2.45) is 5.92 Å². The van der Waals surface area contributed by atoms with E-state index in [1.54, 1.807) is 18.2 Å². The third kappa shape index (κ3) is 3.40. The quantitative estimate of drug-likeness (QED) is 0.655. The Balaban J connectivity index is 2.04. The van der Waals surface area contributed by atoms with Crippen molar-refractivity contribution in [1.29, 1.82) is 0 Å². The lowest BCUT2D eigenvalue weighted by molar-refractivity contribution is 0.0439. The van der Waals surface area contributed by atoms with E-state index in [1.807, 2.05) is 6.92 Å². The molecular weight excluding hydrogens is 242 g/mol. The second kappa shape index (κ2) is 6.45. The smallest absolute Gasteiger partial charge is 0.344 e. The summed E-state index contributed by atoms with van der Waals surface area (Å²) < 4.78 is 10.8. The first-order valence-corrected chi connectivity index (χ1v) is 6.90. The largest absolute Gasteiger partial charge is 0.493 e. The zero-order chi connectivity index (χ0) is 13.7. The van der Waals surface area contributed by atoms with Crippen molar-refractivity contribution in [2.45, 2.75) is 32.6 Å². The molecule has 0 amide bonds. The van der Waals surface area contributed by atoms with Crippen LogP contribution in [0.2, 0.25) is 0 Å². The maximum absolute atomic E-state index is 12.1. The summed E-state index contributed by atoms with van der Waals surface area (Å²) in [6.07, 6.45) is 4.77. The van der Waals surface area contributed by atoms with Gasteiger partial charge in [0.2, 0.25) is 0 Å². The monoisotopic (exact) mass is 263 g/mol. The van der Waals surface area contributed by atoms with Gasteiger partial charge >= 0.3 is 5.97 Å². The molecule has 0 heterocycles. The van der Waals surface area contributed by atoms with E-state index < -0.39 is 0 Å². The summed E-state index contributed by atoms with van der Waals surface area (Å²) in [5.41, 5.74) is 6.61. The van der Waals surface area contributed by atoms with Crippen LogP contribution in [0, 0.1) is 5.92 Å². The number of hydrogen-bond donors (Lipinski definition) is 1. The zero-order valence-corrected chi connectivity index (χ0v) is 11.4. The lowest BCUT2D eigenvalue weighted by atomic mass is 10.1. The first-order chi connectivity index (χ1) is 9.22. The number of hydrogen-bond acceptors (Lipinski definition) is 4. The summed E-state index contributed by atoms with van der Waals surface area (Å²) in [5.74, 6) is 0.622. The molecule has 1 fully saturated rings. The molecule has 0 spiro atoms. The first-order valence-electron chi connectivity index (χ1n) is 6.90. The SMILES string of the molecule is CCOc1cccc(N)c1C(=O)OCC1CCCC1. The number of nitrogens with two attached hydrogens (primary N) is 1. The van der Waals surface area contributed by atoms with Gasteiger partial charge in [-0.2, -0.15) is 0 Å². The fraction of sp³-hybridized carbons (Fsp3) is 0.533. The predicted molar refractivity (Wildman–Crippen MR) is 74.3 cm³/mol. The Bertz CT molecular complexity index is 439. The number of carbonyl (C=O) groups excluding carboxylic acids is 1. The molecule has 4 nitrogen and oxygen atoms in total. The molecule has 19 heavy (non-hydrogen) atoms. The van der Waals surface area contributed by atoms with Crippen LogP contribution in [0.1, 0.15) is 43.0 Å². The fourth-order valence-electron chi connectivity index (χ4n) is 2.49. The molecule has 104 valence electrons. The summed E-state index contributed by atoms with van der Waals surface area (Å²) in [7, 11) is 0. The van der Waals surface area contributed by atoms with Gasteiger partial charge in [0.05, 0.1) is 13.2 Å². The molecule has 0 atom stereocenters. The zero-order valence-electron chi connectivity index (χ0n) is 11.4. The van der Waals surface area contributed by atoms with Crippen LogP contribution in [0.5, 0.6) is 5.75 Å². The maximum atomic E-state index is 12.1. The minimum Gasteiger partial charge on any atom is -0.493 e. The fourth-order valence-corrected chi connectivity index (χ4v) is 2.49. The van der Waals surface area contributed by atoms with E-state index in [-0.39, 0.29) is 5.97 Å². The minimum atomic E-state index is -0.381. The standard InChI is InChI=1S/C15H21NO3/c1-2-18-13-9-5-8-12(16)14(13)15(17)19-10-11-6-3-4-7-11/h5,8-9,11H,2-4,6-7,10,16H2,1H3. The Kier molecular flexibility index (Phi) is 4.66. The number of ether oxygens (including phenoxy) is 2. The summed E-state index contributed by atoms with van der Waals surface area (Å²) in [5, 5.41) is 0. The van der Waals surface area contributed by atoms with Gasteiger partial charge in [-0.25, -0.2) is 4.79 Å². The third-order valence-electron chi connectivity index (χ3n) is 3.49. The topological polar surface area (TPSA) is 61.5 Å². The molecule has 1 aromatic rings. The van der Waals surface area contributed by atoms with Crippen molar-refractivity contribution < 1.29 is 14.3 Å². The highest BCUT2D eigenvalue weighted by Gasteiger charge is 2.21. The summed E-state index contributed by atoms with van der Waals surface area (Å²) in [4.78, 5) is 12.1. The lowest BCUT2D eigenvalue weighted by Gasteiger charge is -2.14. The molecule has 0 aliphatic heterocycles. The van der Waals surface area contributed by atoms with Crippen LogP contribution < -0.4 is 10.5 Å². The van der Waals surface area contributed by atoms with Gasteiger partial charge in [0.1, 0.15) is 11.3 Å². The highest BCUT2D eigenvalue weighted by atomic mass is 16.5. The Morgan fingerprint density at radius 1 is 1.37 bits per heavy atom. The van der Waals surface area contributed by atoms with E-state index in [9.17, 15) is 4.79 Å². The second-order valence-corrected chi connectivity index (χ2v) is 4.90. The van der Waals surface area contributed by atoms with Gasteiger partial charge in [0.15, 0.2) is 0 Å². The molecule has 0 aromatic heterocycles. The summed E-state index contributed by atoms with van der Waals surface area (Å²) >= 11 is 0. The van der Waals surface area contributed by atoms with Crippen LogP contribution in [0.15, 0.2) is 18.2 Å². The average molecular weight is 263 g/mol. The number of nitrogen functional groups attached to an aromatic ring is 1. The molecule has 4 heteroatoms. The van der Waals surface area contributed by atoms with Crippen molar-refractivity contribution in [3.05, 3.63) is 23.8 Å².